The summed E-state index contributed by atoms with van der Waals surface area (Å²) >= 11 is 0. The number of H-pyrrole nitrogens is 1. The monoisotopic (exact) mass is 406 g/mol. The molecule has 1 spiro atoms. The molecule has 3 aromatic rings. The van der Waals surface area contributed by atoms with Gasteiger partial charge in [-0.1, -0.05) is 30.3 Å². The molecule has 2 aliphatic rings. The number of halogens is 1. The second-order valence-electron chi connectivity index (χ2n) is 9.45. The molecule has 0 amide bonds. The van der Waals surface area contributed by atoms with Crippen molar-refractivity contribution in [2.75, 3.05) is 14.1 Å². The minimum absolute atomic E-state index is 0.154. The van der Waals surface area contributed by atoms with Crippen molar-refractivity contribution >= 4 is 10.9 Å². The Bertz CT molecular complexity index is 1050. The third-order valence-corrected chi connectivity index (χ3v) is 7.22. The number of nitrogens with zero attached hydrogens (tertiary/aromatic N) is 1. The van der Waals surface area contributed by atoms with E-state index in [1.165, 1.54) is 28.2 Å². The molecule has 0 bridgehead atoms. The fourth-order valence-electron chi connectivity index (χ4n) is 6.05. The Kier molecular flexibility index (Phi) is 4.95. The quantitative estimate of drug-likeness (QED) is 0.582. The summed E-state index contributed by atoms with van der Waals surface area (Å²) in [4.78, 5) is 5.96. The topological polar surface area (TPSA) is 28.3 Å². The highest BCUT2D eigenvalue weighted by molar-refractivity contribution is 5.85. The Morgan fingerprint density at radius 1 is 1.10 bits per heavy atom. The van der Waals surface area contributed by atoms with Crippen molar-refractivity contribution in [3.8, 4) is 0 Å². The van der Waals surface area contributed by atoms with Crippen LogP contribution >= 0.6 is 0 Å². The molecule has 2 atom stereocenters. The highest BCUT2D eigenvalue weighted by atomic mass is 19.1. The number of nitrogens with one attached hydrogen (secondary N) is 1. The number of aromatic nitrogens is 1. The third-order valence-electron chi connectivity index (χ3n) is 7.22. The fraction of sp³-hybridized carbons (Fsp3) is 0.462. The third kappa shape index (κ3) is 3.27. The Hall–Kier alpha value is -2.17. The Labute approximate surface area is 178 Å². The summed E-state index contributed by atoms with van der Waals surface area (Å²) in [6.07, 6.45) is 5.33. The summed E-state index contributed by atoms with van der Waals surface area (Å²) in [5.74, 6) is 0.333. The zero-order valence-electron chi connectivity index (χ0n) is 18.1. The first-order valence-corrected chi connectivity index (χ1v) is 11.2. The number of ether oxygens (including phenoxy) is 1. The minimum Gasteiger partial charge on any atom is -0.365 e. The van der Waals surface area contributed by atoms with Crippen molar-refractivity contribution in [2.45, 2.75) is 56.8 Å². The second-order valence-corrected chi connectivity index (χ2v) is 9.45. The van der Waals surface area contributed by atoms with Gasteiger partial charge in [0.15, 0.2) is 0 Å². The lowest BCUT2D eigenvalue weighted by molar-refractivity contribution is -0.135. The maximum absolute atomic E-state index is 13.9. The number of aromatic amines is 1. The lowest BCUT2D eigenvalue weighted by atomic mass is 9.71. The summed E-state index contributed by atoms with van der Waals surface area (Å²) in [5, 5.41) is 1.34. The first-order valence-electron chi connectivity index (χ1n) is 11.2. The standard InChI is InChI=1S/C26H31FN2O/c1-17-15-22-21-9-4-5-10-23(21)28-25(22)26(30-17)13-11-18(12-14-26)24(29(2)3)19-7-6-8-20(27)16-19/h4-10,16-18,24,28H,11-15H2,1-3H3. The molecular weight excluding hydrogens is 375 g/mol. The van der Waals surface area contributed by atoms with E-state index < -0.39 is 0 Å². The molecule has 1 saturated carbocycles. The van der Waals surface area contributed by atoms with E-state index in [1.807, 2.05) is 6.07 Å². The van der Waals surface area contributed by atoms with Gasteiger partial charge in [0.1, 0.15) is 11.4 Å². The Morgan fingerprint density at radius 3 is 2.60 bits per heavy atom. The van der Waals surface area contributed by atoms with Gasteiger partial charge in [-0.25, -0.2) is 4.39 Å². The molecule has 2 heterocycles. The largest absolute Gasteiger partial charge is 0.365 e. The average Bonchev–Trinajstić information content (AvgIpc) is 3.09. The molecule has 2 aromatic carbocycles. The van der Waals surface area contributed by atoms with Crippen molar-refractivity contribution < 1.29 is 9.13 Å². The van der Waals surface area contributed by atoms with E-state index in [2.05, 4.69) is 61.2 Å². The summed E-state index contributed by atoms with van der Waals surface area (Å²) in [5.41, 5.74) is 4.81. The van der Waals surface area contributed by atoms with E-state index in [0.717, 1.165) is 37.7 Å². The van der Waals surface area contributed by atoms with Crippen LogP contribution in [0.2, 0.25) is 0 Å². The number of hydrogen-bond donors (Lipinski definition) is 1. The maximum Gasteiger partial charge on any atom is 0.123 e. The fourth-order valence-corrected chi connectivity index (χ4v) is 6.05. The molecule has 30 heavy (non-hydrogen) atoms. The van der Waals surface area contributed by atoms with Gasteiger partial charge in [-0.15, -0.1) is 0 Å². The zero-order valence-corrected chi connectivity index (χ0v) is 18.1. The van der Waals surface area contributed by atoms with Gasteiger partial charge in [0.2, 0.25) is 0 Å². The van der Waals surface area contributed by atoms with Crippen molar-refractivity contribution in [1.82, 2.24) is 9.88 Å². The minimum atomic E-state index is -0.221. The Balaban J connectivity index is 1.45. The smallest absolute Gasteiger partial charge is 0.123 e. The van der Waals surface area contributed by atoms with E-state index >= 15 is 0 Å². The van der Waals surface area contributed by atoms with Gasteiger partial charge in [0, 0.05) is 23.4 Å². The molecule has 0 radical (unpaired) electrons. The summed E-state index contributed by atoms with van der Waals surface area (Å²) in [6.45, 7) is 2.20. The van der Waals surface area contributed by atoms with E-state index in [4.69, 9.17) is 4.74 Å². The second kappa shape index (κ2) is 7.51. The first kappa shape index (κ1) is 19.8. The predicted octanol–water partition coefficient (Wildman–Crippen LogP) is 5.96. The van der Waals surface area contributed by atoms with E-state index in [0.29, 0.717) is 5.92 Å². The normalized spacial score (nSPS) is 27.5. The molecule has 158 valence electrons. The summed E-state index contributed by atoms with van der Waals surface area (Å²) in [6, 6.07) is 16.0. The van der Waals surface area contributed by atoms with Crippen molar-refractivity contribution in [3.63, 3.8) is 0 Å². The molecule has 1 aliphatic carbocycles. The molecule has 1 N–H and O–H groups in total. The van der Waals surface area contributed by atoms with Gasteiger partial charge in [-0.2, -0.15) is 0 Å². The molecule has 0 saturated heterocycles. The van der Waals surface area contributed by atoms with Crippen LogP contribution in [0.1, 0.15) is 55.5 Å². The molecule has 1 fully saturated rings. The lowest BCUT2D eigenvalue weighted by Gasteiger charge is -2.47. The SMILES string of the molecule is CC1Cc2c([nH]c3ccccc23)C2(CCC(C(c3cccc(F)c3)N(C)C)CC2)O1. The van der Waals surface area contributed by atoms with Gasteiger partial charge >= 0.3 is 0 Å². The highest BCUT2D eigenvalue weighted by Gasteiger charge is 2.46. The van der Waals surface area contributed by atoms with Gasteiger partial charge in [0.25, 0.3) is 0 Å². The molecule has 2 unspecified atom stereocenters. The van der Waals surface area contributed by atoms with Crippen LogP contribution in [0.3, 0.4) is 0 Å². The van der Waals surface area contributed by atoms with Crippen LogP contribution in [-0.2, 0) is 16.8 Å². The van der Waals surface area contributed by atoms with Crippen molar-refractivity contribution in [3.05, 3.63) is 71.2 Å². The van der Waals surface area contributed by atoms with E-state index in [1.54, 1.807) is 6.07 Å². The van der Waals surface area contributed by atoms with Crippen LogP contribution in [0.5, 0.6) is 0 Å². The van der Waals surface area contributed by atoms with Crippen LogP contribution in [0.15, 0.2) is 48.5 Å². The zero-order chi connectivity index (χ0) is 20.9. The van der Waals surface area contributed by atoms with Gasteiger partial charge < -0.3 is 14.6 Å². The first-order chi connectivity index (χ1) is 14.5. The highest BCUT2D eigenvalue weighted by Crippen LogP contribution is 2.51. The molecule has 1 aliphatic heterocycles. The van der Waals surface area contributed by atoms with Crippen LogP contribution in [0, 0.1) is 11.7 Å². The molecule has 1 aromatic heterocycles. The molecule has 5 rings (SSSR count). The number of hydrogen-bond acceptors (Lipinski definition) is 2. The lowest BCUT2D eigenvalue weighted by Crippen LogP contribution is -2.43. The van der Waals surface area contributed by atoms with Gasteiger partial charge in [-0.05, 0) is 81.9 Å². The summed E-state index contributed by atoms with van der Waals surface area (Å²) in [7, 11) is 4.21. The summed E-state index contributed by atoms with van der Waals surface area (Å²) < 4.78 is 20.6. The van der Waals surface area contributed by atoms with Gasteiger partial charge in [-0.3, -0.25) is 0 Å². The van der Waals surface area contributed by atoms with E-state index in [9.17, 15) is 4.39 Å². The van der Waals surface area contributed by atoms with E-state index in [-0.39, 0.29) is 23.6 Å². The number of para-hydroxylation sites is 1. The van der Waals surface area contributed by atoms with Crippen LogP contribution in [0.25, 0.3) is 10.9 Å². The van der Waals surface area contributed by atoms with Crippen LogP contribution in [0.4, 0.5) is 4.39 Å². The molecule has 3 nitrogen and oxygen atoms in total. The number of benzene rings is 2. The maximum atomic E-state index is 13.9. The van der Waals surface area contributed by atoms with Crippen molar-refractivity contribution in [1.29, 1.82) is 0 Å². The molecule has 4 heteroatoms. The van der Waals surface area contributed by atoms with Crippen LogP contribution < -0.4 is 0 Å². The van der Waals surface area contributed by atoms with Crippen molar-refractivity contribution in [2.24, 2.45) is 5.92 Å². The molecular formula is C26H31FN2O. The van der Waals surface area contributed by atoms with Crippen LogP contribution in [-0.4, -0.2) is 30.1 Å². The number of fused-ring (bicyclic) bond motifs is 4. The van der Waals surface area contributed by atoms with Gasteiger partial charge in [0.05, 0.1) is 11.8 Å². The average molecular weight is 407 g/mol. The number of rotatable bonds is 3. The predicted molar refractivity (Wildman–Crippen MR) is 119 cm³/mol. The Morgan fingerprint density at radius 2 is 1.87 bits per heavy atom.